The van der Waals surface area contributed by atoms with Crippen LogP contribution in [0.5, 0.6) is 0 Å². The highest BCUT2D eigenvalue weighted by Crippen LogP contribution is 2.60. The summed E-state index contributed by atoms with van der Waals surface area (Å²) in [4.78, 5) is 14.2. The highest BCUT2D eigenvalue weighted by Gasteiger charge is 2.59. The van der Waals surface area contributed by atoms with Crippen LogP contribution in [0.1, 0.15) is 26.2 Å². The van der Waals surface area contributed by atoms with Crippen molar-refractivity contribution in [1.29, 1.82) is 0 Å². The van der Waals surface area contributed by atoms with Gasteiger partial charge < -0.3 is 9.64 Å². The van der Waals surface area contributed by atoms with Crippen LogP contribution in [-0.4, -0.2) is 25.7 Å². The lowest BCUT2D eigenvalue weighted by Crippen LogP contribution is -2.35. The van der Waals surface area contributed by atoms with Crippen molar-refractivity contribution < 1.29 is 9.53 Å². The van der Waals surface area contributed by atoms with E-state index < -0.39 is 0 Å². The molecule has 1 aromatic rings. The minimum atomic E-state index is 0.0238. The van der Waals surface area contributed by atoms with E-state index in [0.717, 1.165) is 32.4 Å². The summed E-state index contributed by atoms with van der Waals surface area (Å²) in [5.74, 6) is 0.195. The molecule has 0 aromatic heterocycles. The first-order valence-corrected chi connectivity index (χ1v) is 7.22. The third-order valence-corrected chi connectivity index (χ3v) is 4.64. The van der Waals surface area contributed by atoms with E-state index in [1.807, 2.05) is 13.0 Å². The molecular formula is C16H21NO2. The summed E-state index contributed by atoms with van der Waals surface area (Å²) in [6.45, 7) is 4.49. The molecule has 3 nitrogen and oxygen atoms in total. The summed E-state index contributed by atoms with van der Waals surface area (Å²) in [6, 6.07) is 10.5. The molecule has 1 spiro atoms. The second-order valence-corrected chi connectivity index (χ2v) is 5.69. The fraction of sp³-hybridized carbons (Fsp3) is 0.562. The summed E-state index contributed by atoms with van der Waals surface area (Å²) < 4.78 is 5.15. The summed E-state index contributed by atoms with van der Waals surface area (Å²) in [5, 5.41) is 0. The number of benzene rings is 1. The topological polar surface area (TPSA) is 29.5 Å². The first-order chi connectivity index (χ1) is 9.25. The first kappa shape index (κ1) is 12.5. The number of hydrogen-bond donors (Lipinski definition) is 0. The van der Waals surface area contributed by atoms with E-state index in [2.05, 4.69) is 29.2 Å². The van der Waals surface area contributed by atoms with Gasteiger partial charge in [0.1, 0.15) is 0 Å². The van der Waals surface area contributed by atoms with Gasteiger partial charge in [-0.1, -0.05) is 18.2 Å². The molecule has 0 N–H and O–H groups in total. The summed E-state index contributed by atoms with van der Waals surface area (Å²) in [6.07, 6.45) is 3.27. The third-order valence-electron chi connectivity index (χ3n) is 4.64. The maximum Gasteiger partial charge on any atom is 0.309 e. The molecule has 1 aliphatic heterocycles. The van der Waals surface area contributed by atoms with Gasteiger partial charge in [0.15, 0.2) is 0 Å². The number of anilines is 1. The fourth-order valence-electron chi connectivity index (χ4n) is 3.33. The van der Waals surface area contributed by atoms with Crippen molar-refractivity contribution in [3.63, 3.8) is 0 Å². The van der Waals surface area contributed by atoms with Gasteiger partial charge in [-0.15, -0.1) is 0 Å². The van der Waals surface area contributed by atoms with E-state index in [-0.39, 0.29) is 17.3 Å². The predicted octanol–water partition coefficient (Wildman–Crippen LogP) is 2.86. The third kappa shape index (κ3) is 2.34. The van der Waals surface area contributed by atoms with Gasteiger partial charge in [0.05, 0.1) is 12.5 Å². The Morgan fingerprint density at radius 2 is 2.00 bits per heavy atom. The molecule has 102 valence electrons. The van der Waals surface area contributed by atoms with Crippen LogP contribution in [-0.2, 0) is 9.53 Å². The lowest BCUT2D eigenvalue weighted by molar-refractivity contribution is -0.145. The Bertz CT molecular complexity index is 449. The molecular weight excluding hydrogens is 238 g/mol. The van der Waals surface area contributed by atoms with Gasteiger partial charge in [0, 0.05) is 18.8 Å². The van der Waals surface area contributed by atoms with Gasteiger partial charge in [-0.2, -0.15) is 0 Å². The minimum absolute atomic E-state index is 0.0238. The average molecular weight is 259 g/mol. The molecule has 3 heteroatoms. The zero-order chi connectivity index (χ0) is 13.3. The van der Waals surface area contributed by atoms with E-state index >= 15 is 0 Å². The van der Waals surface area contributed by atoms with Crippen molar-refractivity contribution in [2.75, 3.05) is 24.6 Å². The zero-order valence-corrected chi connectivity index (χ0v) is 11.5. The normalized spacial score (nSPS) is 24.3. The van der Waals surface area contributed by atoms with E-state index in [4.69, 9.17) is 4.74 Å². The number of ether oxygens (including phenoxy) is 1. The van der Waals surface area contributed by atoms with Gasteiger partial charge in [0.25, 0.3) is 0 Å². The Morgan fingerprint density at radius 3 is 2.63 bits per heavy atom. The Hall–Kier alpha value is -1.51. The maximum atomic E-state index is 11.8. The van der Waals surface area contributed by atoms with Gasteiger partial charge >= 0.3 is 5.97 Å². The Kier molecular flexibility index (Phi) is 3.21. The fourth-order valence-corrected chi connectivity index (χ4v) is 3.33. The van der Waals surface area contributed by atoms with Gasteiger partial charge in [-0.05, 0) is 43.7 Å². The van der Waals surface area contributed by atoms with Crippen LogP contribution in [0.3, 0.4) is 0 Å². The highest BCUT2D eigenvalue weighted by molar-refractivity contribution is 5.77. The number of rotatable bonds is 3. The largest absolute Gasteiger partial charge is 0.466 e. The van der Waals surface area contributed by atoms with Crippen molar-refractivity contribution in [3.05, 3.63) is 30.3 Å². The maximum absolute atomic E-state index is 11.8. The number of hydrogen-bond acceptors (Lipinski definition) is 3. The summed E-state index contributed by atoms with van der Waals surface area (Å²) >= 11 is 0. The van der Waals surface area contributed by atoms with Crippen LogP contribution < -0.4 is 4.90 Å². The molecule has 2 aliphatic rings. The molecule has 3 rings (SSSR count). The second kappa shape index (κ2) is 4.87. The number of esters is 1. The number of para-hydroxylation sites is 1. The lowest BCUT2D eigenvalue weighted by Gasteiger charge is -2.34. The summed E-state index contributed by atoms with van der Waals surface area (Å²) in [5.41, 5.74) is 1.56. The summed E-state index contributed by atoms with van der Waals surface area (Å²) in [7, 11) is 0. The van der Waals surface area contributed by atoms with Crippen molar-refractivity contribution in [2.24, 2.45) is 11.3 Å². The number of carbonyl (C=O) groups excluding carboxylic acids is 1. The number of nitrogens with zero attached hydrogens (tertiary/aromatic N) is 1. The molecule has 1 aromatic carbocycles. The number of piperidine rings is 1. The van der Waals surface area contributed by atoms with Crippen molar-refractivity contribution in [2.45, 2.75) is 26.2 Å². The Labute approximate surface area is 114 Å². The van der Waals surface area contributed by atoms with Crippen LogP contribution in [0, 0.1) is 11.3 Å². The molecule has 2 fully saturated rings. The SMILES string of the molecule is CCOC(=O)C1CC12CCN(c1ccccc1)CC2. The lowest BCUT2D eigenvalue weighted by atomic mass is 9.90. The number of carbonyl (C=O) groups is 1. The van der Waals surface area contributed by atoms with Gasteiger partial charge in [-0.3, -0.25) is 4.79 Å². The van der Waals surface area contributed by atoms with Crippen LogP contribution in [0.4, 0.5) is 5.69 Å². The molecule has 1 saturated carbocycles. The molecule has 1 saturated heterocycles. The molecule has 19 heavy (non-hydrogen) atoms. The molecule has 0 amide bonds. The first-order valence-electron chi connectivity index (χ1n) is 7.22. The van der Waals surface area contributed by atoms with E-state index in [1.165, 1.54) is 5.69 Å². The molecule has 1 aliphatic carbocycles. The molecule has 1 atom stereocenters. The molecule has 0 radical (unpaired) electrons. The average Bonchev–Trinajstić information content (AvgIpc) is 3.15. The van der Waals surface area contributed by atoms with Crippen LogP contribution in [0.2, 0.25) is 0 Å². The molecule has 1 unspecified atom stereocenters. The predicted molar refractivity (Wildman–Crippen MR) is 75.1 cm³/mol. The van der Waals surface area contributed by atoms with Crippen molar-refractivity contribution in [1.82, 2.24) is 0 Å². The van der Waals surface area contributed by atoms with Crippen molar-refractivity contribution in [3.8, 4) is 0 Å². The van der Waals surface area contributed by atoms with Gasteiger partial charge in [0.2, 0.25) is 0 Å². The highest BCUT2D eigenvalue weighted by atomic mass is 16.5. The van der Waals surface area contributed by atoms with E-state index in [0.29, 0.717) is 6.61 Å². The Balaban J connectivity index is 1.58. The van der Waals surface area contributed by atoms with Crippen LogP contribution in [0.25, 0.3) is 0 Å². The zero-order valence-electron chi connectivity index (χ0n) is 11.5. The van der Waals surface area contributed by atoms with Crippen LogP contribution >= 0.6 is 0 Å². The standard InChI is InChI=1S/C16H21NO2/c1-2-19-15(18)14-12-16(14)8-10-17(11-9-16)13-6-4-3-5-7-13/h3-7,14H,2,8-12H2,1H3. The van der Waals surface area contributed by atoms with Gasteiger partial charge in [-0.25, -0.2) is 0 Å². The van der Waals surface area contributed by atoms with Crippen LogP contribution in [0.15, 0.2) is 30.3 Å². The smallest absolute Gasteiger partial charge is 0.309 e. The quantitative estimate of drug-likeness (QED) is 0.782. The Morgan fingerprint density at radius 1 is 1.32 bits per heavy atom. The van der Waals surface area contributed by atoms with Crippen molar-refractivity contribution >= 4 is 11.7 Å². The molecule has 1 heterocycles. The minimum Gasteiger partial charge on any atom is -0.466 e. The monoisotopic (exact) mass is 259 g/mol. The van der Waals surface area contributed by atoms with E-state index in [9.17, 15) is 4.79 Å². The van der Waals surface area contributed by atoms with E-state index in [1.54, 1.807) is 0 Å². The second-order valence-electron chi connectivity index (χ2n) is 5.69. The molecule has 0 bridgehead atoms.